The molecule has 8 rings (SSSR count). The standard InChI is InChI=1S/C39H28N2S/c1-3-10-27(11-4-1)30-14-7-17-32(24-30)41(33-18-8-15-31(25-33)28-12-5-2-6-13-28)34-20-21-35-37(26-34)42-36-22-19-29-16-9-23-40-39(29)38(35)36/h1-22,24-26,40H,23H2. The Morgan fingerprint density at radius 1 is 0.524 bits per heavy atom. The summed E-state index contributed by atoms with van der Waals surface area (Å²) in [5, 5.41) is 6.25. The van der Waals surface area contributed by atoms with E-state index in [0.29, 0.717) is 0 Å². The summed E-state index contributed by atoms with van der Waals surface area (Å²) in [7, 11) is 0. The van der Waals surface area contributed by atoms with E-state index in [-0.39, 0.29) is 0 Å². The minimum Gasteiger partial charge on any atom is -0.381 e. The number of benzene rings is 6. The van der Waals surface area contributed by atoms with E-state index in [4.69, 9.17) is 0 Å². The van der Waals surface area contributed by atoms with Crippen LogP contribution in [0.5, 0.6) is 0 Å². The van der Waals surface area contributed by atoms with Crippen LogP contribution in [0.4, 0.5) is 22.7 Å². The predicted molar refractivity (Wildman–Crippen MR) is 182 cm³/mol. The van der Waals surface area contributed by atoms with Crippen molar-refractivity contribution >= 4 is 60.3 Å². The fraction of sp³-hybridized carbons (Fsp3) is 0.0256. The zero-order valence-electron chi connectivity index (χ0n) is 23.0. The third-order valence-corrected chi connectivity index (χ3v) is 9.15. The molecule has 2 nitrogen and oxygen atoms in total. The first-order valence-corrected chi connectivity index (χ1v) is 15.1. The third-order valence-electron chi connectivity index (χ3n) is 8.03. The van der Waals surface area contributed by atoms with Crippen LogP contribution in [0.15, 0.2) is 146 Å². The molecule has 0 unspecified atom stereocenters. The Hall–Kier alpha value is -5.12. The Morgan fingerprint density at radius 3 is 1.81 bits per heavy atom. The molecule has 0 saturated carbocycles. The average molecular weight is 557 g/mol. The van der Waals surface area contributed by atoms with Crippen LogP contribution in [0.25, 0.3) is 48.5 Å². The van der Waals surface area contributed by atoms with E-state index >= 15 is 0 Å². The molecule has 0 atom stereocenters. The van der Waals surface area contributed by atoms with Gasteiger partial charge in [-0.15, -0.1) is 11.3 Å². The largest absolute Gasteiger partial charge is 0.381 e. The van der Waals surface area contributed by atoms with E-state index in [0.717, 1.165) is 23.6 Å². The highest BCUT2D eigenvalue weighted by Crippen LogP contribution is 2.45. The van der Waals surface area contributed by atoms with Crippen LogP contribution in [0.3, 0.4) is 0 Å². The highest BCUT2D eigenvalue weighted by molar-refractivity contribution is 7.26. The second-order valence-corrected chi connectivity index (χ2v) is 11.7. The zero-order chi connectivity index (χ0) is 27.9. The first-order chi connectivity index (χ1) is 20.8. The fourth-order valence-corrected chi connectivity index (χ4v) is 7.19. The lowest BCUT2D eigenvalue weighted by molar-refractivity contribution is 1.29. The van der Waals surface area contributed by atoms with Gasteiger partial charge in [0, 0.05) is 43.8 Å². The van der Waals surface area contributed by atoms with Gasteiger partial charge in [0.25, 0.3) is 0 Å². The SMILES string of the molecule is C1=Cc2ccc3sc4cc(N(c5cccc(-c6ccccc6)c5)c5cccc(-c6ccccc6)c5)ccc4c3c2NC1. The summed E-state index contributed by atoms with van der Waals surface area (Å²) < 4.78 is 2.60. The zero-order valence-corrected chi connectivity index (χ0v) is 23.8. The van der Waals surface area contributed by atoms with Gasteiger partial charge in [0.1, 0.15) is 0 Å². The molecular formula is C39H28N2S. The molecule has 1 aliphatic heterocycles. The number of nitrogens with zero attached hydrogens (tertiary/aromatic N) is 1. The van der Waals surface area contributed by atoms with E-state index in [1.165, 1.54) is 53.7 Å². The topological polar surface area (TPSA) is 15.3 Å². The summed E-state index contributed by atoms with van der Waals surface area (Å²) in [6.45, 7) is 0.866. The van der Waals surface area contributed by atoms with Gasteiger partial charge in [-0.3, -0.25) is 0 Å². The quantitative estimate of drug-likeness (QED) is 0.227. The highest BCUT2D eigenvalue weighted by atomic mass is 32.1. The lowest BCUT2D eigenvalue weighted by Crippen LogP contribution is -2.10. The van der Waals surface area contributed by atoms with E-state index in [2.05, 4.69) is 162 Å². The van der Waals surface area contributed by atoms with Crippen molar-refractivity contribution < 1.29 is 0 Å². The second-order valence-electron chi connectivity index (χ2n) is 10.6. The fourth-order valence-electron chi connectivity index (χ4n) is 6.05. The summed E-state index contributed by atoms with van der Waals surface area (Å²) in [6, 6.07) is 50.4. The van der Waals surface area contributed by atoms with Crippen LogP contribution in [-0.2, 0) is 0 Å². The van der Waals surface area contributed by atoms with Crippen LogP contribution in [0.1, 0.15) is 5.56 Å². The molecule has 0 aliphatic carbocycles. The maximum Gasteiger partial charge on any atom is 0.0510 e. The van der Waals surface area contributed by atoms with Crippen molar-refractivity contribution in [2.75, 3.05) is 16.8 Å². The van der Waals surface area contributed by atoms with Gasteiger partial charge in [-0.25, -0.2) is 0 Å². The van der Waals surface area contributed by atoms with Crippen molar-refractivity contribution in [2.24, 2.45) is 0 Å². The lowest BCUT2D eigenvalue weighted by atomic mass is 10.0. The van der Waals surface area contributed by atoms with Gasteiger partial charge in [0.05, 0.1) is 5.69 Å². The van der Waals surface area contributed by atoms with Crippen LogP contribution in [-0.4, -0.2) is 6.54 Å². The first-order valence-electron chi connectivity index (χ1n) is 14.3. The van der Waals surface area contributed by atoms with Gasteiger partial charge in [-0.2, -0.15) is 0 Å². The number of nitrogens with one attached hydrogen (secondary N) is 1. The maximum atomic E-state index is 3.63. The Labute approximate surface area is 249 Å². The molecule has 0 saturated heterocycles. The Kier molecular flexibility index (Phi) is 6.09. The Bertz CT molecular complexity index is 2010. The molecule has 7 aromatic rings. The molecule has 3 heteroatoms. The molecule has 1 aliphatic rings. The second kappa shape index (κ2) is 10.4. The van der Waals surface area contributed by atoms with Gasteiger partial charge >= 0.3 is 0 Å². The molecule has 6 aromatic carbocycles. The molecule has 1 N–H and O–H groups in total. The molecular weight excluding hydrogens is 529 g/mol. The number of thiophene rings is 1. The predicted octanol–water partition coefficient (Wildman–Crippen LogP) is 11.3. The summed E-state index contributed by atoms with van der Waals surface area (Å²) in [5.41, 5.74) is 10.7. The maximum absolute atomic E-state index is 3.63. The molecule has 0 spiro atoms. The van der Waals surface area contributed by atoms with Gasteiger partial charge in [-0.1, -0.05) is 109 Å². The van der Waals surface area contributed by atoms with Crippen LogP contribution >= 0.6 is 11.3 Å². The molecule has 1 aromatic heterocycles. The Balaban J connectivity index is 1.31. The van der Waals surface area contributed by atoms with Crippen LogP contribution in [0.2, 0.25) is 0 Å². The van der Waals surface area contributed by atoms with Gasteiger partial charge in [0.15, 0.2) is 0 Å². The van der Waals surface area contributed by atoms with E-state index < -0.39 is 0 Å². The number of rotatable bonds is 5. The molecule has 0 bridgehead atoms. The van der Waals surface area contributed by atoms with Crippen molar-refractivity contribution in [1.82, 2.24) is 0 Å². The third kappa shape index (κ3) is 4.36. The van der Waals surface area contributed by atoms with E-state index in [1.807, 2.05) is 11.3 Å². The lowest BCUT2D eigenvalue weighted by Gasteiger charge is -2.26. The summed E-state index contributed by atoms with van der Waals surface area (Å²) in [6.07, 6.45) is 4.41. The first kappa shape index (κ1) is 24.7. The van der Waals surface area contributed by atoms with Gasteiger partial charge in [-0.05, 0) is 70.3 Å². The summed E-state index contributed by atoms with van der Waals surface area (Å²) >= 11 is 1.87. The smallest absolute Gasteiger partial charge is 0.0510 e. The molecule has 2 heterocycles. The minimum absolute atomic E-state index is 0.866. The number of hydrogen-bond acceptors (Lipinski definition) is 3. The monoisotopic (exact) mass is 556 g/mol. The van der Waals surface area contributed by atoms with Crippen molar-refractivity contribution in [2.45, 2.75) is 0 Å². The van der Waals surface area contributed by atoms with Crippen molar-refractivity contribution in [3.8, 4) is 22.3 Å². The van der Waals surface area contributed by atoms with E-state index in [1.54, 1.807) is 0 Å². The number of hydrogen-bond donors (Lipinski definition) is 1. The van der Waals surface area contributed by atoms with Crippen molar-refractivity contribution in [3.63, 3.8) is 0 Å². The van der Waals surface area contributed by atoms with Crippen molar-refractivity contribution in [1.29, 1.82) is 0 Å². The average Bonchev–Trinajstić information content (AvgIpc) is 3.45. The molecule has 0 amide bonds. The Morgan fingerprint density at radius 2 is 1.14 bits per heavy atom. The molecule has 0 radical (unpaired) electrons. The number of fused-ring (bicyclic) bond motifs is 5. The molecule has 0 fully saturated rings. The highest BCUT2D eigenvalue weighted by Gasteiger charge is 2.18. The van der Waals surface area contributed by atoms with E-state index in [9.17, 15) is 0 Å². The van der Waals surface area contributed by atoms with Crippen molar-refractivity contribution in [3.05, 3.63) is 151 Å². The van der Waals surface area contributed by atoms with Gasteiger partial charge in [0.2, 0.25) is 0 Å². The normalized spacial score (nSPS) is 12.3. The van der Waals surface area contributed by atoms with Crippen LogP contribution in [0, 0.1) is 0 Å². The minimum atomic E-state index is 0.866. The summed E-state index contributed by atoms with van der Waals surface area (Å²) in [4.78, 5) is 2.39. The van der Waals surface area contributed by atoms with Gasteiger partial charge < -0.3 is 10.2 Å². The summed E-state index contributed by atoms with van der Waals surface area (Å²) in [5.74, 6) is 0. The number of anilines is 4. The molecule has 42 heavy (non-hydrogen) atoms. The van der Waals surface area contributed by atoms with Crippen LogP contribution < -0.4 is 10.2 Å². The molecule has 200 valence electrons.